The lowest BCUT2D eigenvalue weighted by molar-refractivity contribution is -0.155. The predicted molar refractivity (Wildman–Crippen MR) is 52.8 cm³/mol. The van der Waals surface area contributed by atoms with E-state index in [1.165, 1.54) is 0 Å². The van der Waals surface area contributed by atoms with E-state index in [4.69, 9.17) is 4.74 Å². The van der Waals surface area contributed by atoms with Crippen molar-refractivity contribution in [3.8, 4) is 0 Å². The third-order valence-corrected chi connectivity index (χ3v) is 3.33. The quantitative estimate of drug-likeness (QED) is 0.666. The van der Waals surface area contributed by atoms with Gasteiger partial charge in [0.1, 0.15) is 10.9 Å². The Labute approximate surface area is 85.0 Å². The highest BCUT2D eigenvalue weighted by Crippen LogP contribution is 2.52. The van der Waals surface area contributed by atoms with Crippen LogP contribution in [0.2, 0.25) is 0 Å². The van der Waals surface area contributed by atoms with Crippen LogP contribution < -0.4 is 0 Å². The summed E-state index contributed by atoms with van der Waals surface area (Å²) in [7, 11) is -3.19. The average molecular weight is 224 g/mol. The van der Waals surface area contributed by atoms with Crippen LogP contribution in [-0.2, 0) is 13.7 Å². The molecule has 2 N–H and O–H groups in total. The first kappa shape index (κ1) is 11.8. The number of carbonyl (C=O) groups is 1. The van der Waals surface area contributed by atoms with Gasteiger partial charge in [0.25, 0.3) is 0 Å². The Bertz CT molecular complexity index is 232. The third kappa shape index (κ3) is 2.60. The molecule has 1 rings (SSSR count). The number of hydrogen-bond acceptors (Lipinski definition) is 5. The molecule has 14 heavy (non-hydrogen) atoms. The molecule has 0 amide bonds. The van der Waals surface area contributed by atoms with E-state index in [9.17, 15) is 13.9 Å². The van der Waals surface area contributed by atoms with Gasteiger partial charge in [0.05, 0.1) is 12.0 Å². The summed E-state index contributed by atoms with van der Waals surface area (Å²) in [6.45, 7) is 5.33. The Morgan fingerprint density at radius 3 is 2.43 bits per heavy atom. The Balaban J connectivity index is 2.57. The standard InChI is InChI=1S/C8H16O5S/c1-8(2,3)7(9)13-6-4-5-12-14(6,10)11/h6,10-11H,4-5H2,1-3H3. The van der Waals surface area contributed by atoms with Crippen LogP contribution in [0, 0.1) is 5.41 Å². The second kappa shape index (κ2) is 3.69. The van der Waals surface area contributed by atoms with Crippen LogP contribution in [0.5, 0.6) is 0 Å². The van der Waals surface area contributed by atoms with E-state index in [0.29, 0.717) is 6.42 Å². The van der Waals surface area contributed by atoms with Crippen molar-refractivity contribution in [1.82, 2.24) is 0 Å². The first-order valence-corrected chi connectivity index (χ1v) is 5.89. The lowest BCUT2D eigenvalue weighted by atomic mass is 9.97. The zero-order valence-electron chi connectivity index (χ0n) is 8.52. The molecule has 0 bridgehead atoms. The largest absolute Gasteiger partial charge is 0.445 e. The molecule has 0 radical (unpaired) electrons. The van der Waals surface area contributed by atoms with Crippen molar-refractivity contribution in [1.29, 1.82) is 0 Å². The summed E-state index contributed by atoms with van der Waals surface area (Å²) >= 11 is 0. The lowest BCUT2D eigenvalue weighted by Gasteiger charge is -2.28. The van der Waals surface area contributed by atoms with E-state index in [0.717, 1.165) is 0 Å². The van der Waals surface area contributed by atoms with Crippen molar-refractivity contribution in [2.24, 2.45) is 5.41 Å². The maximum absolute atomic E-state index is 11.4. The molecule has 0 aromatic rings. The number of ether oxygens (including phenoxy) is 1. The Morgan fingerprint density at radius 1 is 1.50 bits per heavy atom. The minimum atomic E-state index is -3.19. The van der Waals surface area contributed by atoms with Crippen LogP contribution in [0.4, 0.5) is 0 Å². The van der Waals surface area contributed by atoms with Crippen LogP contribution in [0.1, 0.15) is 27.2 Å². The minimum absolute atomic E-state index is 0.213. The molecule has 0 saturated carbocycles. The van der Waals surface area contributed by atoms with E-state index in [-0.39, 0.29) is 6.61 Å². The maximum Gasteiger partial charge on any atom is 0.312 e. The molecule has 1 heterocycles. The molecule has 84 valence electrons. The van der Waals surface area contributed by atoms with Gasteiger partial charge < -0.3 is 13.8 Å². The van der Waals surface area contributed by atoms with Crippen LogP contribution in [0.15, 0.2) is 0 Å². The molecule has 1 saturated heterocycles. The summed E-state index contributed by atoms with van der Waals surface area (Å²) < 4.78 is 28.3. The monoisotopic (exact) mass is 224 g/mol. The maximum atomic E-state index is 11.4. The molecule has 0 aromatic carbocycles. The first-order chi connectivity index (χ1) is 6.23. The first-order valence-electron chi connectivity index (χ1n) is 4.36. The highest BCUT2D eigenvalue weighted by molar-refractivity contribution is 8.20. The second-order valence-corrected chi connectivity index (χ2v) is 6.07. The van der Waals surface area contributed by atoms with Gasteiger partial charge in [-0.15, -0.1) is 0 Å². The van der Waals surface area contributed by atoms with Gasteiger partial charge in [-0.3, -0.25) is 8.98 Å². The topological polar surface area (TPSA) is 76.0 Å². The van der Waals surface area contributed by atoms with Crippen molar-refractivity contribution >= 4 is 16.8 Å². The molecule has 1 fully saturated rings. The third-order valence-electron chi connectivity index (χ3n) is 1.80. The Morgan fingerprint density at radius 2 is 2.07 bits per heavy atom. The van der Waals surface area contributed by atoms with Crippen LogP contribution in [0.25, 0.3) is 0 Å². The van der Waals surface area contributed by atoms with Gasteiger partial charge in [0, 0.05) is 6.42 Å². The highest BCUT2D eigenvalue weighted by Gasteiger charge is 2.41. The number of rotatable bonds is 1. The van der Waals surface area contributed by atoms with Crippen LogP contribution in [0.3, 0.4) is 0 Å². The average Bonchev–Trinajstić information content (AvgIpc) is 2.29. The summed E-state index contributed by atoms with van der Waals surface area (Å²) in [6, 6.07) is 0. The fourth-order valence-corrected chi connectivity index (χ4v) is 2.02. The normalized spacial score (nSPS) is 28.5. The molecule has 1 atom stereocenters. The summed E-state index contributed by atoms with van der Waals surface area (Å²) in [5, 5.41) is 0. The van der Waals surface area contributed by atoms with Gasteiger partial charge in [-0.1, -0.05) is 0 Å². The Kier molecular flexibility index (Phi) is 3.10. The van der Waals surface area contributed by atoms with Crippen molar-refractivity contribution in [3.05, 3.63) is 0 Å². The molecule has 1 aliphatic heterocycles. The van der Waals surface area contributed by atoms with Crippen molar-refractivity contribution in [2.75, 3.05) is 6.61 Å². The van der Waals surface area contributed by atoms with Gasteiger partial charge >= 0.3 is 5.97 Å². The van der Waals surface area contributed by atoms with E-state index in [1.807, 2.05) is 0 Å². The minimum Gasteiger partial charge on any atom is -0.445 e. The Hall–Kier alpha value is -0.300. The molecule has 0 aliphatic carbocycles. The molecule has 5 nitrogen and oxygen atoms in total. The zero-order valence-corrected chi connectivity index (χ0v) is 9.34. The van der Waals surface area contributed by atoms with Crippen molar-refractivity contribution < 1.29 is 22.8 Å². The predicted octanol–water partition coefficient (Wildman–Crippen LogP) is 1.99. The fourth-order valence-electron chi connectivity index (χ4n) is 0.914. The van der Waals surface area contributed by atoms with Crippen molar-refractivity contribution in [3.63, 3.8) is 0 Å². The van der Waals surface area contributed by atoms with Gasteiger partial charge in [-0.2, -0.15) is 0 Å². The molecule has 0 spiro atoms. The number of hydrogen-bond donors (Lipinski definition) is 2. The molecular formula is C8H16O5S. The summed E-state index contributed by atoms with van der Waals surface area (Å²) in [5.41, 5.74) is -1.55. The second-order valence-electron chi connectivity index (χ2n) is 4.23. The summed E-state index contributed by atoms with van der Waals surface area (Å²) in [4.78, 5) is 11.4. The van der Waals surface area contributed by atoms with Crippen LogP contribution in [-0.4, -0.2) is 27.1 Å². The lowest BCUT2D eigenvalue weighted by Crippen LogP contribution is -2.29. The summed E-state index contributed by atoms with van der Waals surface area (Å²) in [6.07, 6.45) is 0.337. The fraction of sp³-hybridized carbons (Fsp3) is 0.875. The molecular weight excluding hydrogens is 208 g/mol. The summed E-state index contributed by atoms with van der Waals surface area (Å²) in [5.74, 6) is -0.451. The molecule has 1 aliphatic rings. The molecule has 0 aromatic heterocycles. The number of esters is 1. The van der Waals surface area contributed by atoms with E-state index >= 15 is 0 Å². The SMILES string of the molecule is CC(C)(C)C(=O)OC1CCOS1(O)O. The smallest absolute Gasteiger partial charge is 0.312 e. The molecule has 6 heteroatoms. The highest BCUT2D eigenvalue weighted by atomic mass is 32.3. The van der Waals surface area contributed by atoms with Gasteiger partial charge in [0.15, 0.2) is 0 Å². The van der Waals surface area contributed by atoms with E-state index in [2.05, 4.69) is 4.18 Å². The molecule has 1 unspecified atom stereocenters. The zero-order chi connectivity index (χ0) is 11.0. The van der Waals surface area contributed by atoms with E-state index < -0.39 is 27.7 Å². The van der Waals surface area contributed by atoms with Crippen molar-refractivity contribution in [2.45, 2.75) is 32.6 Å². The van der Waals surface area contributed by atoms with E-state index in [1.54, 1.807) is 20.8 Å². The van der Waals surface area contributed by atoms with Gasteiger partial charge in [-0.05, 0) is 20.8 Å². The van der Waals surface area contributed by atoms with Gasteiger partial charge in [-0.25, -0.2) is 0 Å². The number of carbonyl (C=O) groups excluding carboxylic acids is 1. The van der Waals surface area contributed by atoms with Gasteiger partial charge in [0.2, 0.25) is 5.44 Å². The van der Waals surface area contributed by atoms with Crippen LogP contribution >= 0.6 is 10.9 Å².